The first kappa shape index (κ1) is 12.6. The molecular weight excluding hydrogens is 305 g/mol. The number of rotatable bonds is 4. The van der Waals surface area contributed by atoms with E-state index in [4.69, 9.17) is 9.47 Å². The number of halogens is 1. The molecule has 84 valence electrons. The number of ether oxygens (including phenoxy) is 2. The fourth-order valence-corrected chi connectivity index (χ4v) is 2.12. The molecule has 3 nitrogen and oxygen atoms in total. The van der Waals surface area contributed by atoms with Crippen LogP contribution in [0.1, 0.15) is 12.5 Å². The second kappa shape index (κ2) is 5.55. The number of hydrogen-bond acceptors (Lipinski definition) is 2. The number of quaternary nitrogens is 1. The van der Waals surface area contributed by atoms with E-state index in [2.05, 4.69) is 35.2 Å². The fraction of sp³-hybridized carbons (Fsp3) is 0.455. The molecule has 1 atom stereocenters. The molecule has 0 aliphatic carbocycles. The summed E-state index contributed by atoms with van der Waals surface area (Å²) in [6.45, 7) is 2.09. The van der Waals surface area contributed by atoms with Crippen LogP contribution in [0.4, 0.5) is 0 Å². The van der Waals surface area contributed by atoms with Crippen molar-refractivity contribution < 1.29 is 15.2 Å². The predicted octanol–water partition coefficient (Wildman–Crippen LogP) is 1.48. The molecule has 0 aromatic heterocycles. The summed E-state index contributed by atoms with van der Waals surface area (Å²) < 4.78 is 11.7. The van der Waals surface area contributed by atoms with Gasteiger partial charge in [0.2, 0.25) is 0 Å². The molecule has 15 heavy (non-hydrogen) atoms. The standard InChI is InChI=1S/C11H16INO2/c1-7(13)4-8-5-11(15-3)9(12)6-10(8)14-2/h5-7H,4,13H2,1-3H3/p+1/t7-/m1/s1. The molecule has 1 rings (SSSR count). The minimum absolute atomic E-state index is 0.365. The zero-order valence-corrected chi connectivity index (χ0v) is 11.5. The Morgan fingerprint density at radius 1 is 1.27 bits per heavy atom. The van der Waals surface area contributed by atoms with Crippen LogP contribution in [0.5, 0.6) is 11.5 Å². The van der Waals surface area contributed by atoms with E-state index in [-0.39, 0.29) is 0 Å². The minimum atomic E-state index is 0.365. The Labute approximate surface area is 104 Å². The lowest BCUT2D eigenvalue weighted by Crippen LogP contribution is -2.60. The zero-order chi connectivity index (χ0) is 11.4. The summed E-state index contributed by atoms with van der Waals surface area (Å²) in [4.78, 5) is 0. The van der Waals surface area contributed by atoms with Crippen molar-refractivity contribution in [3.05, 3.63) is 21.3 Å². The summed E-state index contributed by atoms with van der Waals surface area (Å²) in [7, 11) is 3.37. The Morgan fingerprint density at radius 2 is 1.87 bits per heavy atom. The highest BCUT2D eigenvalue weighted by molar-refractivity contribution is 14.1. The number of benzene rings is 1. The first-order chi connectivity index (χ1) is 7.08. The Morgan fingerprint density at radius 3 is 2.33 bits per heavy atom. The third-order valence-corrected chi connectivity index (χ3v) is 2.97. The maximum Gasteiger partial charge on any atom is 0.132 e. The van der Waals surface area contributed by atoms with Gasteiger partial charge in [-0.1, -0.05) is 0 Å². The Bertz CT molecular complexity index is 340. The molecule has 0 radical (unpaired) electrons. The van der Waals surface area contributed by atoms with E-state index < -0.39 is 0 Å². The second-order valence-electron chi connectivity index (χ2n) is 3.61. The molecule has 0 saturated carbocycles. The van der Waals surface area contributed by atoms with Gasteiger partial charge >= 0.3 is 0 Å². The highest BCUT2D eigenvalue weighted by atomic mass is 127. The summed E-state index contributed by atoms with van der Waals surface area (Å²) in [6.07, 6.45) is 0.899. The van der Waals surface area contributed by atoms with Crippen LogP contribution < -0.4 is 15.2 Å². The van der Waals surface area contributed by atoms with Gasteiger partial charge in [0, 0.05) is 12.0 Å². The van der Waals surface area contributed by atoms with Gasteiger partial charge in [-0.2, -0.15) is 0 Å². The summed E-state index contributed by atoms with van der Waals surface area (Å²) in [5.74, 6) is 1.81. The van der Waals surface area contributed by atoms with Crippen molar-refractivity contribution in [2.45, 2.75) is 19.4 Å². The van der Waals surface area contributed by atoms with Crippen molar-refractivity contribution in [1.29, 1.82) is 0 Å². The van der Waals surface area contributed by atoms with E-state index in [1.807, 2.05) is 12.1 Å². The maximum atomic E-state index is 5.34. The molecule has 3 N–H and O–H groups in total. The Kier molecular flexibility index (Phi) is 4.66. The van der Waals surface area contributed by atoms with Crippen LogP contribution >= 0.6 is 22.6 Å². The predicted molar refractivity (Wildman–Crippen MR) is 68.3 cm³/mol. The molecule has 0 saturated heterocycles. The normalized spacial score (nSPS) is 12.3. The molecular formula is C11H17INO2+. The molecule has 0 fully saturated rings. The number of hydrogen-bond donors (Lipinski definition) is 1. The topological polar surface area (TPSA) is 46.1 Å². The highest BCUT2D eigenvalue weighted by Crippen LogP contribution is 2.30. The van der Waals surface area contributed by atoms with Gasteiger partial charge in [-0.15, -0.1) is 0 Å². The van der Waals surface area contributed by atoms with Gasteiger partial charge in [-0.3, -0.25) is 0 Å². The molecule has 0 amide bonds. The summed E-state index contributed by atoms with van der Waals surface area (Å²) in [5.41, 5.74) is 5.14. The monoisotopic (exact) mass is 322 g/mol. The molecule has 0 aliphatic rings. The Balaban J connectivity index is 3.10. The SMILES string of the molecule is COc1cc(C[C@@H](C)[NH3+])c(OC)cc1I. The average Bonchev–Trinajstić information content (AvgIpc) is 2.19. The smallest absolute Gasteiger partial charge is 0.132 e. The Hall–Kier alpha value is -0.490. The molecule has 1 aromatic carbocycles. The van der Waals surface area contributed by atoms with Crippen molar-refractivity contribution >= 4 is 22.6 Å². The molecule has 0 heterocycles. The van der Waals surface area contributed by atoms with E-state index in [0.717, 1.165) is 27.1 Å². The molecule has 0 spiro atoms. The maximum absolute atomic E-state index is 5.34. The quantitative estimate of drug-likeness (QED) is 0.854. The lowest BCUT2D eigenvalue weighted by Gasteiger charge is -2.12. The van der Waals surface area contributed by atoms with Crippen LogP contribution in [0, 0.1) is 3.57 Å². The lowest BCUT2D eigenvalue weighted by molar-refractivity contribution is -0.413. The van der Waals surface area contributed by atoms with Crippen molar-refractivity contribution in [1.82, 2.24) is 0 Å². The molecule has 4 heteroatoms. The fourth-order valence-electron chi connectivity index (χ4n) is 1.46. The summed E-state index contributed by atoms with van der Waals surface area (Å²) in [5, 5.41) is 0. The average molecular weight is 322 g/mol. The molecule has 0 aliphatic heterocycles. The van der Waals surface area contributed by atoms with E-state index >= 15 is 0 Å². The van der Waals surface area contributed by atoms with Crippen LogP contribution in [0.25, 0.3) is 0 Å². The molecule has 1 aromatic rings. The van der Waals surface area contributed by atoms with Crippen molar-refractivity contribution in [3.8, 4) is 11.5 Å². The van der Waals surface area contributed by atoms with E-state index in [0.29, 0.717) is 6.04 Å². The van der Waals surface area contributed by atoms with Gasteiger partial charge < -0.3 is 15.2 Å². The first-order valence-corrected chi connectivity index (χ1v) is 5.89. The van der Waals surface area contributed by atoms with Gasteiger partial charge in [-0.05, 0) is 41.6 Å². The van der Waals surface area contributed by atoms with Gasteiger partial charge in [-0.25, -0.2) is 0 Å². The lowest BCUT2D eigenvalue weighted by atomic mass is 10.1. The largest absolute Gasteiger partial charge is 0.496 e. The van der Waals surface area contributed by atoms with Crippen LogP contribution in [-0.2, 0) is 6.42 Å². The van der Waals surface area contributed by atoms with E-state index in [1.54, 1.807) is 14.2 Å². The summed E-state index contributed by atoms with van der Waals surface area (Å²) >= 11 is 2.24. The number of methoxy groups -OCH3 is 2. The third-order valence-electron chi connectivity index (χ3n) is 2.12. The second-order valence-corrected chi connectivity index (χ2v) is 4.77. The van der Waals surface area contributed by atoms with Crippen LogP contribution in [0.15, 0.2) is 12.1 Å². The molecule has 0 unspecified atom stereocenters. The summed E-state index contributed by atoms with van der Waals surface area (Å²) in [6, 6.07) is 4.39. The van der Waals surface area contributed by atoms with Crippen molar-refractivity contribution in [3.63, 3.8) is 0 Å². The highest BCUT2D eigenvalue weighted by Gasteiger charge is 2.11. The van der Waals surface area contributed by atoms with Gasteiger partial charge in [0.25, 0.3) is 0 Å². The first-order valence-electron chi connectivity index (χ1n) is 4.82. The van der Waals surface area contributed by atoms with Gasteiger partial charge in [0.05, 0.1) is 23.8 Å². The van der Waals surface area contributed by atoms with E-state index in [9.17, 15) is 0 Å². The van der Waals surface area contributed by atoms with Crippen LogP contribution in [0.2, 0.25) is 0 Å². The van der Waals surface area contributed by atoms with Crippen LogP contribution in [-0.4, -0.2) is 20.3 Å². The van der Waals surface area contributed by atoms with Gasteiger partial charge in [0.1, 0.15) is 11.5 Å². The zero-order valence-electron chi connectivity index (χ0n) is 9.34. The van der Waals surface area contributed by atoms with Gasteiger partial charge in [0.15, 0.2) is 0 Å². The van der Waals surface area contributed by atoms with E-state index in [1.165, 1.54) is 0 Å². The molecule has 0 bridgehead atoms. The third kappa shape index (κ3) is 3.24. The van der Waals surface area contributed by atoms with Crippen molar-refractivity contribution in [2.24, 2.45) is 0 Å². The van der Waals surface area contributed by atoms with Crippen molar-refractivity contribution in [2.75, 3.05) is 14.2 Å². The van der Waals surface area contributed by atoms with Crippen LogP contribution in [0.3, 0.4) is 0 Å². The minimum Gasteiger partial charge on any atom is -0.496 e.